The Labute approximate surface area is 154 Å². The molecule has 6 nitrogen and oxygen atoms in total. The summed E-state index contributed by atoms with van der Waals surface area (Å²) < 4.78 is 1.76. The van der Waals surface area contributed by atoms with Crippen molar-refractivity contribution in [1.82, 2.24) is 14.6 Å². The second-order valence-corrected chi connectivity index (χ2v) is 6.46. The third-order valence-electron chi connectivity index (χ3n) is 4.16. The number of aromatic nitrogens is 3. The Hall–Kier alpha value is -3.12. The molecular formula is C19H16ClN5O. The lowest BCUT2D eigenvalue weighted by Crippen LogP contribution is -2.13. The van der Waals surface area contributed by atoms with Crippen LogP contribution in [0.15, 0.2) is 48.5 Å². The molecule has 2 aromatic carbocycles. The number of hydrogen-bond donors (Lipinski definition) is 2. The predicted molar refractivity (Wildman–Crippen MR) is 103 cm³/mol. The molecule has 130 valence electrons. The molecule has 1 amide bonds. The van der Waals surface area contributed by atoms with Gasteiger partial charge in [0.1, 0.15) is 10.8 Å². The second-order valence-electron chi connectivity index (χ2n) is 6.08. The van der Waals surface area contributed by atoms with E-state index in [1.807, 2.05) is 55.5 Å². The normalized spacial score (nSPS) is 11.2. The molecule has 0 aliphatic rings. The zero-order valence-electron chi connectivity index (χ0n) is 14.0. The Kier molecular flexibility index (Phi) is 3.97. The summed E-state index contributed by atoms with van der Waals surface area (Å²) >= 11 is 6.37. The summed E-state index contributed by atoms with van der Waals surface area (Å²) in [6, 6.07) is 15.4. The lowest BCUT2D eigenvalue weighted by molar-refractivity contribution is -0.117. The molecule has 4 rings (SSSR count). The first-order chi connectivity index (χ1) is 12.5. The van der Waals surface area contributed by atoms with Crippen LogP contribution in [0.25, 0.3) is 16.6 Å². The van der Waals surface area contributed by atoms with Crippen molar-refractivity contribution in [2.45, 2.75) is 13.3 Å². The molecule has 0 radical (unpaired) electrons. The highest BCUT2D eigenvalue weighted by Crippen LogP contribution is 2.29. The van der Waals surface area contributed by atoms with Gasteiger partial charge in [-0.2, -0.15) is 5.10 Å². The quantitative estimate of drug-likeness (QED) is 0.578. The van der Waals surface area contributed by atoms with Gasteiger partial charge >= 0.3 is 0 Å². The molecule has 2 heterocycles. The Morgan fingerprint density at radius 2 is 1.92 bits per heavy atom. The summed E-state index contributed by atoms with van der Waals surface area (Å²) in [6.07, 6.45) is 0.220. The molecule has 0 atom stereocenters. The van der Waals surface area contributed by atoms with Crippen LogP contribution in [0.1, 0.15) is 11.3 Å². The van der Waals surface area contributed by atoms with Crippen molar-refractivity contribution in [2.75, 3.05) is 5.32 Å². The standard InChI is InChI=1S/C19H16ClN5O/c1-11-17(20)19-23-18(14-4-2-3-5-15(14)25(19)24-11)22-13-8-6-12(7-9-13)10-16(21)26/h2-9H,10H2,1H3,(H2,21,26)(H,22,23). The van der Waals surface area contributed by atoms with E-state index in [2.05, 4.69) is 15.4 Å². The molecule has 0 fully saturated rings. The van der Waals surface area contributed by atoms with E-state index in [4.69, 9.17) is 17.3 Å². The van der Waals surface area contributed by atoms with Crippen molar-refractivity contribution in [3.05, 3.63) is 64.8 Å². The number of nitrogens with two attached hydrogens (primary N) is 1. The number of amides is 1. The van der Waals surface area contributed by atoms with Crippen LogP contribution in [0.5, 0.6) is 0 Å². The number of hydrogen-bond acceptors (Lipinski definition) is 4. The Morgan fingerprint density at radius 3 is 2.65 bits per heavy atom. The Bertz CT molecular complexity index is 1130. The molecule has 4 aromatic rings. The van der Waals surface area contributed by atoms with Gasteiger partial charge in [0.25, 0.3) is 0 Å². The summed E-state index contributed by atoms with van der Waals surface area (Å²) in [4.78, 5) is 15.7. The number of anilines is 2. The number of aryl methyl sites for hydroxylation is 1. The van der Waals surface area contributed by atoms with Crippen molar-refractivity contribution in [3.8, 4) is 0 Å². The minimum atomic E-state index is -0.352. The fraction of sp³-hybridized carbons (Fsp3) is 0.105. The highest BCUT2D eigenvalue weighted by molar-refractivity contribution is 6.34. The molecule has 2 aromatic heterocycles. The number of carbonyl (C=O) groups is 1. The van der Waals surface area contributed by atoms with Crippen LogP contribution in [-0.2, 0) is 11.2 Å². The molecule has 3 N–H and O–H groups in total. The van der Waals surface area contributed by atoms with Crippen LogP contribution in [0, 0.1) is 6.92 Å². The minimum absolute atomic E-state index is 0.220. The van der Waals surface area contributed by atoms with E-state index in [1.54, 1.807) is 4.52 Å². The number of fused-ring (bicyclic) bond motifs is 3. The van der Waals surface area contributed by atoms with Gasteiger partial charge in [-0.05, 0) is 36.8 Å². The van der Waals surface area contributed by atoms with Gasteiger partial charge in [-0.25, -0.2) is 9.50 Å². The van der Waals surface area contributed by atoms with Crippen LogP contribution >= 0.6 is 11.6 Å². The van der Waals surface area contributed by atoms with Crippen molar-refractivity contribution in [1.29, 1.82) is 0 Å². The van der Waals surface area contributed by atoms with Crippen molar-refractivity contribution < 1.29 is 4.79 Å². The summed E-state index contributed by atoms with van der Waals surface area (Å²) in [5.41, 5.74) is 9.21. The van der Waals surface area contributed by atoms with E-state index in [0.717, 1.165) is 27.8 Å². The third-order valence-corrected chi connectivity index (χ3v) is 4.61. The maximum absolute atomic E-state index is 11.0. The van der Waals surface area contributed by atoms with Crippen LogP contribution in [0.3, 0.4) is 0 Å². The molecule has 0 saturated heterocycles. The van der Waals surface area contributed by atoms with E-state index < -0.39 is 0 Å². The van der Waals surface area contributed by atoms with E-state index in [0.29, 0.717) is 16.5 Å². The summed E-state index contributed by atoms with van der Waals surface area (Å²) in [5, 5.41) is 9.28. The minimum Gasteiger partial charge on any atom is -0.369 e. The fourth-order valence-corrected chi connectivity index (χ4v) is 3.08. The highest BCUT2D eigenvalue weighted by atomic mass is 35.5. The van der Waals surface area contributed by atoms with Crippen LogP contribution < -0.4 is 11.1 Å². The van der Waals surface area contributed by atoms with Gasteiger partial charge in [-0.15, -0.1) is 0 Å². The monoisotopic (exact) mass is 365 g/mol. The zero-order valence-corrected chi connectivity index (χ0v) is 14.8. The fourth-order valence-electron chi connectivity index (χ4n) is 2.92. The van der Waals surface area contributed by atoms with Gasteiger partial charge in [0, 0.05) is 11.1 Å². The van der Waals surface area contributed by atoms with Gasteiger partial charge in [-0.3, -0.25) is 4.79 Å². The molecule has 26 heavy (non-hydrogen) atoms. The summed E-state index contributed by atoms with van der Waals surface area (Å²) in [7, 11) is 0. The summed E-state index contributed by atoms with van der Waals surface area (Å²) in [6.45, 7) is 1.86. The molecule has 7 heteroatoms. The van der Waals surface area contributed by atoms with Crippen molar-refractivity contribution in [3.63, 3.8) is 0 Å². The van der Waals surface area contributed by atoms with E-state index in [1.165, 1.54) is 0 Å². The summed E-state index contributed by atoms with van der Waals surface area (Å²) in [5.74, 6) is 0.340. The number of primary amides is 1. The first kappa shape index (κ1) is 16.4. The zero-order chi connectivity index (χ0) is 18.3. The van der Waals surface area contributed by atoms with E-state index in [9.17, 15) is 4.79 Å². The number of nitrogens with zero attached hydrogens (tertiary/aromatic N) is 3. The molecule has 0 unspecified atom stereocenters. The second kappa shape index (κ2) is 6.31. The Morgan fingerprint density at radius 1 is 1.19 bits per heavy atom. The SMILES string of the molecule is Cc1nn2c(nc(Nc3ccc(CC(N)=O)cc3)c3ccccc32)c1Cl. The van der Waals surface area contributed by atoms with Gasteiger partial charge in [0.05, 0.1) is 17.6 Å². The van der Waals surface area contributed by atoms with E-state index in [-0.39, 0.29) is 12.3 Å². The number of rotatable bonds is 4. The molecule has 0 spiro atoms. The van der Waals surface area contributed by atoms with Gasteiger partial charge in [0.2, 0.25) is 5.91 Å². The van der Waals surface area contributed by atoms with Gasteiger partial charge in [-0.1, -0.05) is 35.9 Å². The average molecular weight is 366 g/mol. The lowest BCUT2D eigenvalue weighted by atomic mass is 10.1. The van der Waals surface area contributed by atoms with Crippen LogP contribution in [0.2, 0.25) is 5.02 Å². The number of nitrogens with one attached hydrogen (secondary N) is 1. The Balaban J connectivity index is 1.80. The molecule has 0 aliphatic carbocycles. The number of benzene rings is 2. The van der Waals surface area contributed by atoms with Crippen molar-refractivity contribution in [2.24, 2.45) is 5.73 Å². The third kappa shape index (κ3) is 2.84. The lowest BCUT2D eigenvalue weighted by Gasteiger charge is -2.11. The van der Waals surface area contributed by atoms with Gasteiger partial charge < -0.3 is 11.1 Å². The van der Waals surface area contributed by atoms with Gasteiger partial charge in [0.15, 0.2) is 5.65 Å². The largest absolute Gasteiger partial charge is 0.369 e. The van der Waals surface area contributed by atoms with Crippen molar-refractivity contribution >= 4 is 45.6 Å². The van der Waals surface area contributed by atoms with Crippen LogP contribution in [-0.4, -0.2) is 20.5 Å². The molecule has 0 aliphatic heterocycles. The predicted octanol–water partition coefficient (Wildman–Crippen LogP) is 3.62. The maximum atomic E-state index is 11.0. The average Bonchev–Trinajstić information content (AvgIpc) is 2.91. The van der Waals surface area contributed by atoms with E-state index >= 15 is 0 Å². The first-order valence-corrected chi connectivity index (χ1v) is 8.48. The number of carbonyl (C=O) groups excluding carboxylic acids is 1. The molecule has 0 bridgehead atoms. The molecular weight excluding hydrogens is 350 g/mol. The molecule has 0 saturated carbocycles. The number of halogens is 1. The topological polar surface area (TPSA) is 85.3 Å². The maximum Gasteiger partial charge on any atom is 0.221 e. The smallest absolute Gasteiger partial charge is 0.221 e. The van der Waals surface area contributed by atoms with Crippen LogP contribution in [0.4, 0.5) is 11.5 Å². The number of para-hydroxylation sites is 1. The highest BCUT2D eigenvalue weighted by Gasteiger charge is 2.14. The first-order valence-electron chi connectivity index (χ1n) is 8.11.